The molecule has 5 atom stereocenters. The summed E-state index contributed by atoms with van der Waals surface area (Å²) in [4.78, 5) is 36.6. The van der Waals surface area contributed by atoms with Gasteiger partial charge in [-0.2, -0.15) is 22.0 Å². The van der Waals surface area contributed by atoms with E-state index in [0.29, 0.717) is 36.9 Å². The Balaban J connectivity index is 1.38. The first-order chi connectivity index (χ1) is 21.1. The van der Waals surface area contributed by atoms with E-state index >= 15 is 8.78 Å². The molecule has 2 amide bonds. The minimum atomic E-state index is -5.92. The molecule has 2 aromatic carbocycles. The van der Waals surface area contributed by atoms with Gasteiger partial charge in [0.15, 0.2) is 5.78 Å². The molecule has 0 bridgehead atoms. The van der Waals surface area contributed by atoms with Crippen LogP contribution in [0.4, 0.5) is 27.6 Å². The van der Waals surface area contributed by atoms with Gasteiger partial charge in [-0.05, 0) is 110 Å². The van der Waals surface area contributed by atoms with E-state index in [1.54, 1.807) is 30.3 Å². The molecule has 45 heavy (non-hydrogen) atoms. The summed E-state index contributed by atoms with van der Waals surface area (Å²) in [6, 6.07) is 12.5. The Bertz CT molecular complexity index is 1630. The van der Waals surface area contributed by atoms with Crippen LogP contribution in [-0.2, 0) is 4.79 Å². The second-order valence-corrected chi connectivity index (χ2v) is 13.0. The van der Waals surface area contributed by atoms with Crippen LogP contribution in [0.2, 0.25) is 0 Å². The average molecular weight is 629 g/mol. The van der Waals surface area contributed by atoms with Crippen LogP contribution in [0, 0.1) is 17.3 Å². The molecule has 2 saturated carbocycles. The maximum Gasteiger partial charge on any atom is 0.456 e. The fraction of sp³-hybridized carbons (Fsp3) is 0.441. The number of fused-ring (bicyclic) bond motifs is 4. The van der Waals surface area contributed by atoms with Gasteiger partial charge in [0.25, 0.3) is 5.91 Å². The molecule has 0 aliphatic heterocycles. The number of anilines is 1. The van der Waals surface area contributed by atoms with Crippen molar-refractivity contribution in [3.05, 3.63) is 88.0 Å². The maximum absolute atomic E-state index is 15.2. The van der Waals surface area contributed by atoms with E-state index in [0.717, 1.165) is 16.7 Å². The number of nitrogens with two attached hydrogens (primary N) is 1. The Kier molecular flexibility index (Phi) is 7.34. The van der Waals surface area contributed by atoms with E-state index in [9.17, 15) is 32.7 Å². The Morgan fingerprint density at radius 3 is 2.20 bits per heavy atom. The number of carbonyl (C=O) groups is 3. The molecule has 238 valence electrons. The van der Waals surface area contributed by atoms with Crippen molar-refractivity contribution >= 4 is 23.3 Å². The van der Waals surface area contributed by atoms with Crippen LogP contribution in [0.15, 0.2) is 71.3 Å². The van der Waals surface area contributed by atoms with Crippen LogP contribution in [0.3, 0.4) is 0 Å². The molecule has 4 aliphatic rings. The Morgan fingerprint density at radius 2 is 1.58 bits per heavy atom. The highest BCUT2D eigenvalue weighted by Crippen LogP contribution is 2.70. The molecule has 2 unspecified atom stereocenters. The molecule has 2 aromatic rings. The standard InChI is InChI=1S/C34H33F5N2O4/c1-31-17-26(18-2-4-20(5-3-18)30(44)41-22-9-6-19(7-10-22)29(40)43)28-24-13-11-23(42)16-21(24)8-12-25(28)27(31)14-15-32(31,45)33(35,36)34(37,38)39/h2-7,9-10,16,25-27,45H,8,11-15,17H2,1H3,(H2,40,43)(H,41,44)/t25?,26-,27+,31?,32+/m1/s1. The third-order valence-corrected chi connectivity index (χ3v) is 10.8. The number of hydrogen-bond acceptors (Lipinski definition) is 4. The van der Waals surface area contributed by atoms with Crippen LogP contribution in [0.1, 0.15) is 84.1 Å². The monoisotopic (exact) mass is 628 g/mol. The van der Waals surface area contributed by atoms with Crippen molar-refractivity contribution in [3.63, 3.8) is 0 Å². The summed E-state index contributed by atoms with van der Waals surface area (Å²) in [5.41, 5.74) is 4.63. The van der Waals surface area contributed by atoms with Gasteiger partial charge in [0.1, 0.15) is 5.60 Å². The number of carbonyl (C=O) groups excluding carboxylic acids is 3. The van der Waals surface area contributed by atoms with E-state index in [1.165, 1.54) is 31.2 Å². The highest BCUT2D eigenvalue weighted by atomic mass is 19.4. The fourth-order valence-corrected chi connectivity index (χ4v) is 8.50. The summed E-state index contributed by atoms with van der Waals surface area (Å²) >= 11 is 0. The van der Waals surface area contributed by atoms with E-state index in [1.807, 2.05) is 0 Å². The smallest absolute Gasteiger partial charge is 0.383 e. The number of aliphatic hydroxyl groups is 1. The number of rotatable bonds is 5. The third-order valence-electron chi connectivity index (χ3n) is 10.8. The highest BCUT2D eigenvalue weighted by Gasteiger charge is 2.79. The lowest BCUT2D eigenvalue weighted by Crippen LogP contribution is -2.65. The molecule has 11 heteroatoms. The minimum absolute atomic E-state index is 0.00434. The summed E-state index contributed by atoms with van der Waals surface area (Å²) in [6.07, 6.45) is -3.33. The molecule has 0 saturated heterocycles. The summed E-state index contributed by atoms with van der Waals surface area (Å²) in [7, 11) is 0. The van der Waals surface area contributed by atoms with Gasteiger partial charge in [0.2, 0.25) is 5.91 Å². The van der Waals surface area contributed by atoms with Crippen molar-refractivity contribution in [1.82, 2.24) is 0 Å². The van der Waals surface area contributed by atoms with Crippen molar-refractivity contribution in [3.8, 4) is 0 Å². The normalized spacial score (nSPS) is 29.8. The molecule has 4 N–H and O–H groups in total. The minimum Gasteiger partial charge on any atom is -0.383 e. The number of ketones is 1. The number of hydrogen-bond donors (Lipinski definition) is 3. The molecular formula is C34H33F5N2O4. The lowest BCUT2D eigenvalue weighted by Gasteiger charge is -2.56. The lowest BCUT2D eigenvalue weighted by atomic mass is 9.50. The number of primary amides is 1. The van der Waals surface area contributed by atoms with Crippen molar-refractivity contribution in [1.29, 1.82) is 0 Å². The van der Waals surface area contributed by atoms with Gasteiger partial charge in [-0.3, -0.25) is 14.4 Å². The van der Waals surface area contributed by atoms with E-state index < -0.39 is 53.2 Å². The first kappa shape index (κ1) is 31.1. The molecule has 6 nitrogen and oxygen atoms in total. The molecule has 0 radical (unpaired) electrons. The maximum atomic E-state index is 15.2. The summed E-state index contributed by atoms with van der Waals surface area (Å²) in [5.74, 6) is -7.90. The van der Waals surface area contributed by atoms with Crippen molar-refractivity contribution in [2.24, 2.45) is 23.0 Å². The Hall–Kier alpha value is -3.86. The molecule has 6 rings (SSSR count). The number of alkyl halides is 5. The number of benzene rings is 2. The van der Waals surface area contributed by atoms with Crippen LogP contribution in [0.25, 0.3) is 0 Å². The predicted octanol–water partition coefficient (Wildman–Crippen LogP) is 6.87. The summed E-state index contributed by atoms with van der Waals surface area (Å²) in [6.45, 7) is 1.37. The van der Waals surface area contributed by atoms with Crippen LogP contribution in [-0.4, -0.2) is 40.4 Å². The van der Waals surface area contributed by atoms with Crippen molar-refractivity contribution in [2.75, 3.05) is 5.32 Å². The van der Waals surface area contributed by atoms with Crippen molar-refractivity contribution < 1.29 is 41.4 Å². The molecule has 0 aromatic heterocycles. The highest BCUT2D eigenvalue weighted by molar-refractivity contribution is 6.04. The van der Waals surface area contributed by atoms with Gasteiger partial charge in [-0.25, -0.2) is 0 Å². The Morgan fingerprint density at radius 1 is 0.933 bits per heavy atom. The number of nitrogens with one attached hydrogen (secondary N) is 1. The molecule has 0 heterocycles. The van der Waals surface area contributed by atoms with E-state index in [2.05, 4.69) is 5.32 Å². The van der Waals surface area contributed by atoms with Crippen molar-refractivity contribution in [2.45, 2.75) is 75.5 Å². The second kappa shape index (κ2) is 10.6. The zero-order chi connectivity index (χ0) is 32.5. The number of halogens is 5. The van der Waals surface area contributed by atoms with Gasteiger partial charge in [-0.15, -0.1) is 0 Å². The average Bonchev–Trinajstić information content (AvgIpc) is 3.27. The first-order valence-electron chi connectivity index (χ1n) is 15.0. The van der Waals surface area contributed by atoms with Gasteiger partial charge < -0.3 is 16.2 Å². The molecular weight excluding hydrogens is 595 g/mol. The number of allylic oxidation sites excluding steroid dienone is 4. The van der Waals surface area contributed by atoms with E-state index in [-0.39, 0.29) is 35.7 Å². The van der Waals surface area contributed by atoms with Gasteiger partial charge >= 0.3 is 12.1 Å². The molecule has 4 aliphatic carbocycles. The largest absolute Gasteiger partial charge is 0.456 e. The first-order valence-corrected chi connectivity index (χ1v) is 15.0. The Labute approximate surface area is 256 Å². The topological polar surface area (TPSA) is 109 Å². The second-order valence-electron chi connectivity index (χ2n) is 13.0. The number of amides is 2. The van der Waals surface area contributed by atoms with Crippen LogP contribution >= 0.6 is 0 Å². The summed E-state index contributed by atoms with van der Waals surface area (Å²) < 4.78 is 71.7. The predicted molar refractivity (Wildman–Crippen MR) is 156 cm³/mol. The molecule has 2 fully saturated rings. The zero-order valence-electron chi connectivity index (χ0n) is 24.5. The quantitative estimate of drug-likeness (QED) is 0.314. The third kappa shape index (κ3) is 4.81. The SMILES string of the molecule is CC12C[C@H](c3ccc(C(=O)Nc4ccc(C(N)=O)cc4)cc3)C3=C4CCC(=O)C=C4CCC3[C@@H]1CC[C@@]2(O)C(F)(F)C(F)(F)F. The van der Waals surface area contributed by atoms with Gasteiger partial charge in [-0.1, -0.05) is 24.6 Å². The fourth-order valence-electron chi connectivity index (χ4n) is 8.50. The van der Waals surface area contributed by atoms with Gasteiger partial charge in [0.05, 0.1) is 0 Å². The van der Waals surface area contributed by atoms with Gasteiger partial charge in [0, 0.05) is 34.6 Å². The summed E-state index contributed by atoms with van der Waals surface area (Å²) in [5, 5.41) is 14.1. The van der Waals surface area contributed by atoms with Crippen LogP contribution < -0.4 is 11.1 Å². The lowest BCUT2D eigenvalue weighted by molar-refractivity contribution is -0.362. The van der Waals surface area contributed by atoms with Crippen LogP contribution in [0.5, 0.6) is 0 Å². The molecule has 0 spiro atoms. The zero-order valence-corrected chi connectivity index (χ0v) is 24.5. The van der Waals surface area contributed by atoms with E-state index in [4.69, 9.17) is 5.73 Å².